The SMILES string of the molecule is Cc1ccccc1Cn1cc(CN)c2ccc(Cl)cc21. The van der Waals surface area contributed by atoms with Gasteiger partial charge in [0.05, 0.1) is 5.52 Å². The minimum absolute atomic E-state index is 0.541. The Balaban J connectivity index is 2.12. The van der Waals surface area contributed by atoms with Crippen molar-refractivity contribution in [2.75, 3.05) is 0 Å². The van der Waals surface area contributed by atoms with Crippen molar-refractivity contribution in [3.05, 3.63) is 70.4 Å². The molecule has 3 aromatic rings. The summed E-state index contributed by atoms with van der Waals surface area (Å²) in [6.45, 7) is 3.51. The van der Waals surface area contributed by atoms with Crippen LogP contribution in [0.3, 0.4) is 0 Å². The number of nitrogens with zero attached hydrogens (tertiary/aromatic N) is 1. The molecule has 3 rings (SSSR count). The molecule has 0 aliphatic carbocycles. The van der Waals surface area contributed by atoms with E-state index in [-0.39, 0.29) is 0 Å². The first kappa shape index (κ1) is 13.2. The van der Waals surface area contributed by atoms with Crippen LogP contribution in [-0.4, -0.2) is 4.57 Å². The zero-order valence-electron chi connectivity index (χ0n) is 11.4. The Morgan fingerprint density at radius 1 is 1.10 bits per heavy atom. The summed E-state index contributed by atoms with van der Waals surface area (Å²) in [6, 6.07) is 14.4. The maximum atomic E-state index is 6.13. The first-order valence-electron chi connectivity index (χ1n) is 6.71. The molecule has 2 nitrogen and oxygen atoms in total. The third-order valence-corrected chi connectivity index (χ3v) is 3.98. The van der Waals surface area contributed by atoms with E-state index < -0.39 is 0 Å². The molecule has 0 unspecified atom stereocenters. The minimum Gasteiger partial charge on any atom is -0.343 e. The minimum atomic E-state index is 0.541. The fourth-order valence-electron chi connectivity index (χ4n) is 2.61. The number of hydrogen-bond acceptors (Lipinski definition) is 1. The lowest BCUT2D eigenvalue weighted by atomic mass is 10.1. The van der Waals surface area contributed by atoms with Crippen LogP contribution in [0.15, 0.2) is 48.7 Å². The zero-order chi connectivity index (χ0) is 14.1. The second-order valence-electron chi connectivity index (χ2n) is 5.07. The van der Waals surface area contributed by atoms with Crippen molar-refractivity contribution in [3.63, 3.8) is 0 Å². The van der Waals surface area contributed by atoms with Crippen LogP contribution in [0.4, 0.5) is 0 Å². The van der Waals surface area contributed by atoms with Gasteiger partial charge in [0, 0.05) is 29.7 Å². The molecule has 0 amide bonds. The molecule has 0 aliphatic rings. The normalized spacial score (nSPS) is 11.2. The number of rotatable bonds is 3. The molecular weight excluding hydrogens is 268 g/mol. The first-order chi connectivity index (χ1) is 9.69. The van der Waals surface area contributed by atoms with Crippen LogP contribution in [0.25, 0.3) is 10.9 Å². The van der Waals surface area contributed by atoms with Gasteiger partial charge in [0.2, 0.25) is 0 Å². The van der Waals surface area contributed by atoms with E-state index in [2.05, 4.69) is 42.0 Å². The van der Waals surface area contributed by atoms with Gasteiger partial charge in [-0.2, -0.15) is 0 Å². The molecule has 0 radical (unpaired) electrons. The molecule has 0 aliphatic heterocycles. The fraction of sp³-hybridized carbons (Fsp3) is 0.176. The van der Waals surface area contributed by atoms with Crippen LogP contribution in [0.2, 0.25) is 5.02 Å². The van der Waals surface area contributed by atoms with Crippen molar-refractivity contribution in [2.24, 2.45) is 5.73 Å². The first-order valence-corrected chi connectivity index (χ1v) is 7.08. The largest absolute Gasteiger partial charge is 0.343 e. The number of halogens is 1. The molecule has 0 saturated heterocycles. The Morgan fingerprint density at radius 2 is 1.90 bits per heavy atom. The van der Waals surface area contributed by atoms with Crippen LogP contribution >= 0.6 is 11.6 Å². The van der Waals surface area contributed by atoms with Gasteiger partial charge in [-0.25, -0.2) is 0 Å². The lowest BCUT2D eigenvalue weighted by Crippen LogP contribution is -2.00. The number of nitrogens with two attached hydrogens (primary N) is 1. The Bertz CT molecular complexity index is 759. The second-order valence-corrected chi connectivity index (χ2v) is 5.51. The van der Waals surface area contributed by atoms with Gasteiger partial charge in [0.15, 0.2) is 0 Å². The summed E-state index contributed by atoms with van der Waals surface area (Å²) in [4.78, 5) is 0. The van der Waals surface area contributed by atoms with Crippen molar-refractivity contribution in [1.29, 1.82) is 0 Å². The van der Waals surface area contributed by atoms with Crippen molar-refractivity contribution in [2.45, 2.75) is 20.0 Å². The van der Waals surface area contributed by atoms with Gasteiger partial charge >= 0.3 is 0 Å². The van der Waals surface area contributed by atoms with Gasteiger partial charge in [0.1, 0.15) is 0 Å². The predicted molar refractivity (Wildman–Crippen MR) is 85.1 cm³/mol. The highest BCUT2D eigenvalue weighted by Crippen LogP contribution is 2.25. The maximum Gasteiger partial charge on any atom is 0.0501 e. The number of aromatic nitrogens is 1. The molecule has 0 saturated carbocycles. The highest BCUT2D eigenvalue weighted by molar-refractivity contribution is 6.31. The summed E-state index contributed by atoms with van der Waals surface area (Å²) in [7, 11) is 0. The van der Waals surface area contributed by atoms with Crippen LogP contribution in [0, 0.1) is 6.92 Å². The van der Waals surface area contributed by atoms with Crippen LogP contribution in [0.1, 0.15) is 16.7 Å². The van der Waals surface area contributed by atoms with Gasteiger partial charge in [-0.3, -0.25) is 0 Å². The monoisotopic (exact) mass is 284 g/mol. The van der Waals surface area contributed by atoms with Crippen LogP contribution < -0.4 is 5.73 Å². The molecule has 0 spiro atoms. The van der Waals surface area contributed by atoms with E-state index in [1.807, 2.05) is 18.2 Å². The maximum absolute atomic E-state index is 6.13. The quantitative estimate of drug-likeness (QED) is 0.771. The van der Waals surface area contributed by atoms with Crippen molar-refractivity contribution in [3.8, 4) is 0 Å². The second kappa shape index (κ2) is 5.31. The molecule has 1 heterocycles. The molecule has 3 heteroatoms. The lowest BCUT2D eigenvalue weighted by Gasteiger charge is -2.08. The van der Waals surface area contributed by atoms with E-state index in [1.165, 1.54) is 16.5 Å². The summed E-state index contributed by atoms with van der Waals surface area (Å²) in [6.07, 6.45) is 2.13. The molecule has 20 heavy (non-hydrogen) atoms. The average Bonchev–Trinajstić information content (AvgIpc) is 2.79. The van der Waals surface area contributed by atoms with Crippen LogP contribution in [0.5, 0.6) is 0 Å². The lowest BCUT2D eigenvalue weighted by molar-refractivity contribution is 0.823. The van der Waals surface area contributed by atoms with E-state index in [9.17, 15) is 0 Å². The average molecular weight is 285 g/mol. The number of fused-ring (bicyclic) bond motifs is 1. The van der Waals surface area contributed by atoms with E-state index in [4.69, 9.17) is 17.3 Å². The van der Waals surface area contributed by atoms with E-state index in [0.717, 1.165) is 22.6 Å². The fourth-order valence-corrected chi connectivity index (χ4v) is 2.77. The third kappa shape index (κ3) is 2.33. The Labute approximate surface area is 123 Å². The molecule has 2 aromatic carbocycles. The summed E-state index contributed by atoms with van der Waals surface area (Å²) in [5.41, 5.74) is 10.8. The van der Waals surface area contributed by atoms with Crippen molar-refractivity contribution >= 4 is 22.5 Å². The van der Waals surface area contributed by atoms with E-state index >= 15 is 0 Å². The van der Waals surface area contributed by atoms with E-state index in [0.29, 0.717) is 6.54 Å². The van der Waals surface area contributed by atoms with Crippen molar-refractivity contribution < 1.29 is 0 Å². The van der Waals surface area contributed by atoms with Crippen LogP contribution in [-0.2, 0) is 13.1 Å². The molecular formula is C17H17ClN2. The number of benzene rings is 2. The summed E-state index contributed by atoms with van der Waals surface area (Å²) >= 11 is 6.13. The summed E-state index contributed by atoms with van der Waals surface area (Å²) < 4.78 is 2.23. The number of hydrogen-bond donors (Lipinski definition) is 1. The molecule has 2 N–H and O–H groups in total. The van der Waals surface area contributed by atoms with Gasteiger partial charge in [-0.15, -0.1) is 0 Å². The Kier molecular flexibility index (Phi) is 3.51. The van der Waals surface area contributed by atoms with Crippen molar-refractivity contribution in [1.82, 2.24) is 4.57 Å². The molecule has 1 aromatic heterocycles. The van der Waals surface area contributed by atoms with Gasteiger partial charge in [-0.05, 0) is 35.7 Å². The highest BCUT2D eigenvalue weighted by Gasteiger charge is 2.09. The Morgan fingerprint density at radius 3 is 2.65 bits per heavy atom. The smallest absolute Gasteiger partial charge is 0.0501 e. The highest BCUT2D eigenvalue weighted by atomic mass is 35.5. The standard InChI is InChI=1S/C17H17ClN2/c1-12-4-2-3-5-13(12)10-20-11-14(9-19)16-7-6-15(18)8-17(16)20/h2-8,11H,9-10,19H2,1H3. The van der Waals surface area contributed by atoms with E-state index in [1.54, 1.807) is 0 Å². The summed E-state index contributed by atoms with van der Waals surface area (Å²) in [5, 5.41) is 1.94. The third-order valence-electron chi connectivity index (χ3n) is 3.75. The Hall–Kier alpha value is -1.77. The van der Waals surface area contributed by atoms with Gasteiger partial charge in [-0.1, -0.05) is 41.9 Å². The topological polar surface area (TPSA) is 30.9 Å². The predicted octanol–water partition coefficient (Wildman–Crippen LogP) is 4.11. The van der Waals surface area contributed by atoms with Gasteiger partial charge in [0.25, 0.3) is 0 Å². The summed E-state index contributed by atoms with van der Waals surface area (Å²) in [5.74, 6) is 0. The zero-order valence-corrected chi connectivity index (χ0v) is 12.2. The molecule has 0 bridgehead atoms. The molecule has 0 fully saturated rings. The molecule has 0 atom stereocenters. The molecule has 102 valence electrons. The van der Waals surface area contributed by atoms with Gasteiger partial charge < -0.3 is 10.3 Å². The number of aryl methyl sites for hydroxylation is 1.